The van der Waals surface area contributed by atoms with Gasteiger partial charge in [0.2, 0.25) is 0 Å². The van der Waals surface area contributed by atoms with Crippen molar-refractivity contribution >= 4 is 21.4 Å². The van der Waals surface area contributed by atoms with E-state index in [1.807, 2.05) is 26.8 Å². The summed E-state index contributed by atoms with van der Waals surface area (Å²) in [5.74, 6) is 0. The van der Waals surface area contributed by atoms with Crippen LogP contribution >= 0.6 is 11.3 Å². The fourth-order valence-corrected chi connectivity index (χ4v) is 5.47. The van der Waals surface area contributed by atoms with Gasteiger partial charge in [-0.2, -0.15) is 0 Å². The summed E-state index contributed by atoms with van der Waals surface area (Å²) in [6, 6.07) is 1.92. The topological polar surface area (TPSA) is 58.2 Å². The molecule has 1 aliphatic heterocycles. The van der Waals surface area contributed by atoms with Crippen LogP contribution < -0.4 is 10.0 Å². The molecule has 0 unspecified atom stereocenters. The van der Waals surface area contributed by atoms with Crippen molar-refractivity contribution in [3.8, 4) is 0 Å². The highest BCUT2D eigenvalue weighted by Crippen LogP contribution is 2.28. The standard InChI is InChI=1S/C12H20N2O2S2/c1-9-8-10(2)17-11(9)18(15,16)14-12(3)4-6-13-7-5-12/h8,13-14H,4-7H2,1-3H3. The summed E-state index contributed by atoms with van der Waals surface area (Å²) in [4.78, 5) is 1.03. The Balaban J connectivity index is 2.24. The first-order valence-corrected chi connectivity index (χ1v) is 8.44. The lowest BCUT2D eigenvalue weighted by molar-refractivity contribution is 0.308. The molecule has 0 radical (unpaired) electrons. The molecule has 0 spiro atoms. The first-order valence-electron chi connectivity index (χ1n) is 6.14. The molecule has 0 atom stereocenters. The Labute approximate surface area is 113 Å². The maximum absolute atomic E-state index is 12.4. The van der Waals surface area contributed by atoms with Crippen molar-refractivity contribution in [3.05, 3.63) is 16.5 Å². The second-order valence-electron chi connectivity index (χ2n) is 5.24. The molecule has 0 saturated carbocycles. The highest BCUT2D eigenvalue weighted by Gasteiger charge is 2.33. The molecular formula is C12H20N2O2S2. The second-order valence-corrected chi connectivity index (χ2v) is 8.38. The molecule has 0 bridgehead atoms. The third-order valence-electron chi connectivity index (χ3n) is 3.33. The van der Waals surface area contributed by atoms with Gasteiger partial charge in [-0.1, -0.05) is 0 Å². The zero-order chi connectivity index (χ0) is 13.4. The van der Waals surface area contributed by atoms with Crippen molar-refractivity contribution < 1.29 is 8.42 Å². The zero-order valence-electron chi connectivity index (χ0n) is 11.0. The Morgan fingerprint density at radius 1 is 1.33 bits per heavy atom. The maximum Gasteiger partial charge on any atom is 0.250 e. The van der Waals surface area contributed by atoms with Gasteiger partial charge in [-0.15, -0.1) is 11.3 Å². The number of nitrogens with one attached hydrogen (secondary N) is 2. The summed E-state index contributed by atoms with van der Waals surface area (Å²) in [7, 11) is -3.39. The Morgan fingerprint density at radius 3 is 2.44 bits per heavy atom. The highest BCUT2D eigenvalue weighted by molar-refractivity contribution is 7.91. The molecule has 1 fully saturated rings. The average Bonchev–Trinajstić information content (AvgIpc) is 2.58. The summed E-state index contributed by atoms with van der Waals surface area (Å²) in [5, 5.41) is 3.25. The lowest BCUT2D eigenvalue weighted by Crippen LogP contribution is -2.52. The summed E-state index contributed by atoms with van der Waals surface area (Å²) < 4.78 is 28.2. The molecule has 0 amide bonds. The van der Waals surface area contributed by atoms with E-state index in [-0.39, 0.29) is 5.54 Å². The first-order chi connectivity index (χ1) is 8.32. The van der Waals surface area contributed by atoms with Gasteiger partial charge in [-0.3, -0.25) is 0 Å². The van der Waals surface area contributed by atoms with E-state index in [0.29, 0.717) is 4.21 Å². The summed E-state index contributed by atoms with van der Waals surface area (Å²) >= 11 is 1.34. The Kier molecular flexibility index (Phi) is 3.82. The Bertz CT molecular complexity index is 528. The molecule has 4 nitrogen and oxygen atoms in total. The molecule has 0 aliphatic carbocycles. The molecule has 6 heteroatoms. The molecule has 2 N–H and O–H groups in total. The minimum absolute atomic E-state index is 0.325. The van der Waals surface area contributed by atoms with Crippen molar-refractivity contribution in [1.82, 2.24) is 10.0 Å². The molecule has 1 aromatic rings. The van der Waals surface area contributed by atoms with E-state index in [1.165, 1.54) is 11.3 Å². The van der Waals surface area contributed by atoms with Crippen LogP contribution in [0.5, 0.6) is 0 Å². The van der Waals surface area contributed by atoms with Crippen LogP contribution in [0.25, 0.3) is 0 Å². The monoisotopic (exact) mass is 288 g/mol. The van der Waals surface area contributed by atoms with Crippen LogP contribution in [0.3, 0.4) is 0 Å². The predicted octanol–water partition coefficient (Wildman–Crippen LogP) is 1.79. The second kappa shape index (κ2) is 4.92. The van der Waals surface area contributed by atoms with E-state index in [0.717, 1.165) is 36.4 Å². The molecule has 1 aromatic heterocycles. The van der Waals surface area contributed by atoms with Crippen LogP contribution in [0, 0.1) is 13.8 Å². The van der Waals surface area contributed by atoms with Gasteiger partial charge in [0.25, 0.3) is 10.0 Å². The number of hydrogen-bond donors (Lipinski definition) is 2. The Morgan fingerprint density at radius 2 is 1.94 bits per heavy atom. The molecule has 1 saturated heterocycles. The molecule has 2 heterocycles. The van der Waals surface area contributed by atoms with Gasteiger partial charge >= 0.3 is 0 Å². The molecular weight excluding hydrogens is 268 g/mol. The number of sulfonamides is 1. The van der Waals surface area contributed by atoms with E-state index < -0.39 is 10.0 Å². The molecule has 102 valence electrons. The van der Waals surface area contributed by atoms with E-state index >= 15 is 0 Å². The third-order valence-corrected chi connectivity index (χ3v) is 6.75. The van der Waals surface area contributed by atoms with Crippen molar-refractivity contribution in [3.63, 3.8) is 0 Å². The third kappa shape index (κ3) is 2.93. The van der Waals surface area contributed by atoms with E-state index in [1.54, 1.807) is 0 Å². The van der Waals surface area contributed by atoms with Gasteiger partial charge in [0.1, 0.15) is 4.21 Å². The van der Waals surface area contributed by atoms with Crippen molar-refractivity contribution in [2.24, 2.45) is 0 Å². The number of aryl methyl sites for hydroxylation is 2. The van der Waals surface area contributed by atoms with Crippen LogP contribution in [-0.2, 0) is 10.0 Å². The number of hydrogen-bond acceptors (Lipinski definition) is 4. The largest absolute Gasteiger partial charge is 0.317 e. The molecule has 1 aliphatic rings. The fourth-order valence-electron chi connectivity index (χ4n) is 2.34. The minimum atomic E-state index is -3.39. The lowest BCUT2D eigenvalue weighted by Gasteiger charge is -2.34. The van der Waals surface area contributed by atoms with Gasteiger partial charge in [0.15, 0.2) is 0 Å². The average molecular weight is 288 g/mol. The zero-order valence-corrected chi connectivity index (χ0v) is 12.7. The van der Waals surface area contributed by atoms with Crippen molar-refractivity contribution in [2.45, 2.75) is 43.4 Å². The molecule has 2 rings (SSSR count). The number of thiophene rings is 1. The van der Waals surface area contributed by atoms with Crippen LogP contribution in [0.1, 0.15) is 30.2 Å². The molecule has 0 aromatic carbocycles. The quantitative estimate of drug-likeness (QED) is 0.891. The van der Waals surface area contributed by atoms with Crippen molar-refractivity contribution in [2.75, 3.05) is 13.1 Å². The summed E-state index contributed by atoms with van der Waals surface area (Å²) in [6.45, 7) is 7.50. The van der Waals surface area contributed by atoms with E-state index in [2.05, 4.69) is 10.0 Å². The predicted molar refractivity (Wildman–Crippen MR) is 74.6 cm³/mol. The van der Waals surface area contributed by atoms with E-state index in [4.69, 9.17) is 0 Å². The number of piperidine rings is 1. The van der Waals surface area contributed by atoms with Crippen LogP contribution in [0.2, 0.25) is 0 Å². The maximum atomic E-state index is 12.4. The van der Waals surface area contributed by atoms with Crippen molar-refractivity contribution in [1.29, 1.82) is 0 Å². The number of rotatable bonds is 3. The van der Waals surface area contributed by atoms with E-state index in [9.17, 15) is 8.42 Å². The van der Waals surface area contributed by atoms with Crippen LogP contribution in [0.4, 0.5) is 0 Å². The highest BCUT2D eigenvalue weighted by atomic mass is 32.2. The minimum Gasteiger partial charge on any atom is -0.317 e. The van der Waals surface area contributed by atoms with Gasteiger partial charge in [-0.25, -0.2) is 13.1 Å². The van der Waals surface area contributed by atoms with Gasteiger partial charge < -0.3 is 5.32 Å². The van der Waals surface area contributed by atoms with Crippen LogP contribution in [-0.4, -0.2) is 27.0 Å². The normalized spacial score (nSPS) is 19.9. The van der Waals surface area contributed by atoms with Crippen LogP contribution in [0.15, 0.2) is 10.3 Å². The fraction of sp³-hybridized carbons (Fsp3) is 0.667. The molecule has 18 heavy (non-hydrogen) atoms. The van der Waals surface area contributed by atoms with Gasteiger partial charge in [0.05, 0.1) is 0 Å². The Hall–Kier alpha value is -0.430. The first kappa shape index (κ1) is 14.0. The summed E-state index contributed by atoms with van der Waals surface area (Å²) in [5.41, 5.74) is 0.511. The summed E-state index contributed by atoms with van der Waals surface area (Å²) in [6.07, 6.45) is 1.66. The lowest BCUT2D eigenvalue weighted by atomic mass is 9.92. The van der Waals surface area contributed by atoms with Gasteiger partial charge in [-0.05, 0) is 58.3 Å². The SMILES string of the molecule is Cc1cc(C)c(S(=O)(=O)NC2(C)CCNCC2)s1. The van der Waals surface area contributed by atoms with Gasteiger partial charge in [0, 0.05) is 10.4 Å². The smallest absolute Gasteiger partial charge is 0.250 e.